The summed E-state index contributed by atoms with van der Waals surface area (Å²) in [4.78, 5) is 12.2. The molecule has 4 nitrogen and oxygen atoms in total. The first-order chi connectivity index (χ1) is 7.20. The summed E-state index contributed by atoms with van der Waals surface area (Å²) in [5.74, 6) is 0.187. The van der Waals surface area contributed by atoms with Crippen molar-refractivity contribution in [3.8, 4) is 0 Å². The van der Waals surface area contributed by atoms with E-state index < -0.39 is 0 Å². The summed E-state index contributed by atoms with van der Waals surface area (Å²) in [7, 11) is 1.82. The Morgan fingerprint density at radius 1 is 1.60 bits per heavy atom. The number of piperidine rings is 1. The highest BCUT2D eigenvalue weighted by Gasteiger charge is 2.25. The van der Waals surface area contributed by atoms with E-state index in [4.69, 9.17) is 0 Å². The van der Waals surface area contributed by atoms with Crippen LogP contribution in [0.2, 0.25) is 0 Å². The Balaban J connectivity index is 2.19. The average molecular weight is 207 g/mol. The zero-order chi connectivity index (χ0) is 10.8. The van der Waals surface area contributed by atoms with Crippen molar-refractivity contribution in [1.29, 1.82) is 0 Å². The van der Waals surface area contributed by atoms with Gasteiger partial charge in [0.15, 0.2) is 5.78 Å². The van der Waals surface area contributed by atoms with Crippen molar-refractivity contribution in [2.45, 2.75) is 32.2 Å². The smallest absolute Gasteiger partial charge is 0.197 e. The van der Waals surface area contributed by atoms with E-state index in [1.54, 1.807) is 10.9 Å². The van der Waals surface area contributed by atoms with Crippen molar-refractivity contribution in [2.24, 2.45) is 7.05 Å². The molecule has 1 atom stereocenters. The topological polar surface area (TPSA) is 46.9 Å². The molecule has 15 heavy (non-hydrogen) atoms. The zero-order valence-corrected chi connectivity index (χ0v) is 9.29. The van der Waals surface area contributed by atoms with E-state index in [0.29, 0.717) is 0 Å². The van der Waals surface area contributed by atoms with Crippen LogP contribution in [0.15, 0.2) is 6.20 Å². The summed E-state index contributed by atoms with van der Waals surface area (Å²) in [6, 6.07) is -0.00662. The van der Waals surface area contributed by atoms with E-state index in [0.717, 1.165) is 30.6 Å². The van der Waals surface area contributed by atoms with Gasteiger partial charge in [0.25, 0.3) is 0 Å². The Morgan fingerprint density at radius 2 is 2.40 bits per heavy atom. The van der Waals surface area contributed by atoms with Crippen LogP contribution in [-0.4, -0.2) is 28.2 Å². The predicted octanol–water partition coefficient (Wildman–Crippen LogP) is 1.05. The van der Waals surface area contributed by atoms with Gasteiger partial charge in [-0.25, -0.2) is 0 Å². The molecule has 1 unspecified atom stereocenters. The second-order valence-electron chi connectivity index (χ2n) is 4.17. The number of aryl methyl sites for hydroxylation is 2. The van der Waals surface area contributed by atoms with Gasteiger partial charge < -0.3 is 5.32 Å². The number of aromatic nitrogens is 2. The molecule has 0 aromatic carbocycles. The minimum absolute atomic E-state index is 0.00662. The van der Waals surface area contributed by atoms with Gasteiger partial charge in [-0.15, -0.1) is 0 Å². The van der Waals surface area contributed by atoms with Crippen molar-refractivity contribution in [1.82, 2.24) is 15.1 Å². The number of nitrogens with zero attached hydrogens (tertiary/aromatic N) is 2. The summed E-state index contributed by atoms with van der Waals surface area (Å²) in [6.07, 6.45) is 5.01. The van der Waals surface area contributed by atoms with Gasteiger partial charge in [-0.2, -0.15) is 5.10 Å². The third kappa shape index (κ3) is 1.95. The van der Waals surface area contributed by atoms with Gasteiger partial charge >= 0.3 is 0 Å². The number of nitrogens with one attached hydrogen (secondary N) is 1. The summed E-state index contributed by atoms with van der Waals surface area (Å²) >= 11 is 0. The first-order valence-electron chi connectivity index (χ1n) is 5.46. The van der Waals surface area contributed by atoms with Gasteiger partial charge in [0.2, 0.25) is 0 Å². The Morgan fingerprint density at radius 3 is 2.93 bits per heavy atom. The summed E-state index contributed by atoms with van der Waals surface area (Å²) in [6.45, 7) is 2.89. The zero-order valence-electron chi connectivity index (χ0n) is 9.29. The van der Waals surface area contributed by atoms with Gasteiger partial charge in [0, 0.05) is 7.05 Å². The number of carbonyl (C=O) groups excluding carboxylic acids is 1. The summed E-state index contributed by atoms with van der Waals surface area (Å²) in [5, 5.41) is 7.37. The Kier molecular flexibility index (Phi) is 2.86. The lowest BCUT2D eigenvalue weighted by Gasteiger charge is -2.22. The lowest BCUT2D eigenvalue weighted by atomic mass is 9.98. The maximum atomic E-state index is 12.2. The molecule has 4 heteroatoms. The van der Waals surface area contributed by atoms with Gasteiger partial charge in [-0.05, 0) is 31.9 Å². The second-order valence-corrected chi connectivity index (χ2v) is 4.17. The molecule has 2 heterocycles. The average Bonchev–Trinajstić information content (AvgIpc) is 2.59. The van der Waals surface area contributed by atoms with Crippen LogP contribution in [0.5, 0.6) is 0 Å². The van der Waals surface area contributed by atoms with Crippen molar-refractivity contribution in [3.05, 3.63) is 17.5 Å². The van der Waals surface area contributed by atoms with Crippen molar-refractivity contribution < 1.29 is 4.79 Å². The highest BCUT2D eigenvalue weighted by Crippen LogP contribution is 2.15. The number of hydrogen-bond donors (Lipinski definition) is 1. The van der Waals surface area contributed by atoms with E-state index in [1.807, 2.05) is 14.0 Å². The summed E-state index contributed by atoms with van der Waals surface area (Å²) < 4.78 is 1.67. The lowest BCUT2D eigenvalue weighted by Crippen LogP contribution is -2.41. The normalized spacial score (nSPS) is 21.6. The molecule has 0 aliphatic carbocycles. The van der Waals surface area contributed by atoms with Gasteiger partial charge in [-0.3, -0.25) is 9.48 Å². The van der Waals surface area contributed by atoms with Gasteiger partial charge in [0.05, 0.1) is 12.2 Å². The number of ketones is 1. The molecule has 1 fully saturated rings. The van der Waals surface area contributed by atoms with E-state index in [-0.39, 0.29) is 11.8 Å². The quantitative estimate of drug-likeness (QED) is 0.737. The van der Waals surface area contributed by atoms with Gasteiger partial charge in [0.1, 0.15) is 5.69 Å². The molecule has 0 radical (unpaired) electrons. The second kappa shape index (κ2) is 4.14. The highest BCUT2D eigenvalue weighted by atomic mass is 16.1. The van der Waals surface area contributed by atoms with Crippen LogP contribution in [0, 0.1) is 6.92 Å². The molecule has 1 aromatic rings. The molecule has 1 aliphatic heterocycles. The monoisotopic (exact) mass is 207 g/mol. The maximum Gasteiger partial charge on any atom is 0.197 e. The maximum absolute atomic E-state index is 12.2. The van der Waals surface area contributed by atoms with E-state index in [2.05, 4.69) is 10.4 Å². The number of hydrogen-bond acceptors (Lipinski definition) is 3. The number of rotatable bonds is 2. The molecular formula is C11H17N3O. The first kappa shape index (κ1) is 10.4. The SMILES string of the molecule is Cc1cnn(C)c1C(=O)C1CCCCN1. The van der Waals surface area contributed by atoms with Crippen LogP contribution in [0.4, 0.5) is 0 Å². The van der Waals surface area contributed by atoms with Crippen LogP contribution in [0.25, 0.3) is 0 Å². The molecule has 0 amide bonds. The number of Topliss-reactive ketones (excluding diaryl/α,β-unsaturated/α-hetero) is 1. The Bertz CT molecular complexity index is 344. The molecule has 82 valence electrons. The van der Waals surface area contributed by atoms with E-state index in [9.17, 15) is 4.79 Å². The lowest BCUT2D eigenvalue weighted by molar-refractivity contribution is 0.0917. The van der Waals surface area contributed by atoms with Crippen LogP contribution < -0.4 is 5.32 Å². The Hall–Kier alpha value is -1.16. The minimum Gasteiger partial charge on any atom is -0.307 e. The standard InChI is InChI=1S/C11H17N3O/c1-8-7-13-14(2)10(8)11(15)9-5-3-4-6-12-9/h7,9,12H,3-6H2,1-2H3. The Labute approximate surface area is 89.7 Å². The highest BCUT2D eigenvalue weighted by molar-refractivity contribution is 5.99. The first-order valence-corrected chi connectivity index (χ1v) is 5.46. The molecule has 0 spiro atoms. The molecule has 1 saturated heterocycles. The molecular weight excluding hydrogens is 190 g/mol. The third-order valence-corrected chi connectivity index (χ3v) is 2.98. The van der Waals surface area contributed by atoms with Crippen LogP contribution in [0.1, 0.15) is 35.3 Å². The van der Waals surface area contributed by atoms with Crippen LogP contribution >= 0.6 is 0 Å². The molecule has 1 N–H and O–H groups in total. The fourth-order valence-electron chi connectivity index (χ4n) is 2.14. The molecule has 0 bridgehead atoms. The number of carbonyl (C=O) groups is 1. The molecule has 2 rings (SSSR count). The minimum atomic E-state index is -0.00662. The van der Waals surface area contributed by atoms with Crippen molar-refractivity contribution in [2.75, 3.05) is 6.54 Å². The third-order valence-electron chi connectivity index (χ3n) is 2.98. The van der Waals surface area contributed by atoms with Crippen molar-refractivity contribution >= 4 is 5.78 Å². The molecule has 1 aromatic heterocycles. The largest absolute Gasteiger partial charge is 0.307 e. The summed E-state index contributed by atoms with van der Waals surface area (Å²) in [5.41, 5.74) is 1.71. The van der Waals surface area contributed by atoms with Crippen LogP contribution in [-0.2, 0) is 7.05 Å². The van der Waals surface area contributed by atoms with Gasteiger partial charge in [-0.1, -0.05) is 6.42 Å². The fourth-order valence-corrected chi connectivity index (χ4v) is 2.14. The van der Waals surface area contributed by atoms with Crippen LogP contribution in [0.3, 0.4) is 0 Å². The fraction of sp³-hybridized carbons (Fsp3) is 0.636. The molecule has 0 saturated carbocycles. The van der Waals surface area contributed by atoms with Crippen molar-refractivity contribution in [3.63, 3.8) is 0 Å². The van der Waals surface area contributed by atoms with E-state index >= 15 is 0 Å². The predicted molar refractivity (Wildman–Crippen MR) is 57.9 cm³/mol. The van der Waals surface area contributed by atoms with E-state index in [1.165, 1.54) is 6.42 Å². The molecule has 1 aliphatic rings.